The van der Waals surface area contributed by atoms with Gasteiger partial charge in [-0.1, -0.05) is 36.4 Å². The molecule has 0 radical (unpaired) electrons. The highest BCUT2D eigenvalue weighted by atomic mass is 16.6. The standard InChI is InChI=1S/C21H17N5O2/c1-14-11-19(23-13-17-7-2-5-15-8-4-10-22-20(15)17)25-21(24-14)16-6-3-9-18(12-16)26(27)28/h2-12H,13H2,1H3,(H,23,24,25). The molecule has 0 aliphatic rings. The summed E-state index contributed by atoms with van der Waals surface area (Å²) in [6.07, 6.45) is 1.78. The minimum atomic E-state index is -0.425. The summed E-state index contributed by atoms with van der Waals surface area (Å²) in [5.74, 6) is 1.10. The van der Waals surface area contributed by atoms with E-state index in [2.05, 4.69) is 20.3 Å². The molecule has 0 amide bonds. The van der Waals surface area contributed by atoms with E-state index in [1.54, 1.807) is 18.3 Å². The lowest BCUT2D eigenvalue weighted by molar-refractivity contribution is -0.384. The Balaban J connectivity index is 1.62. The Bertz CT molecular complexity index is 1170. The topological polar surface area (TPSA) is 93.8 Å². The van der Waals surface area contributed by atoms with Crippen LogP contribution in [0.4, 0.5) is 11.5 Å². The first-order chi connectivity index (χ1) is 13.6. The fraction of sp³-hybridized carbons (Fsp3) is 0.0952. The van der Waals surface area contributed by atoms with Crippen LogP contribution >= 0.6 is 0 Å². The lowest BCUT2D eigenvalue weighted by Crippen LogP contribution is -2.05. The Morgan fingerprint density at radius 3 is 2.71 bits per heavy atom. The Kier molecular flexibility index (Phi) is 4.63. The highest BCUT2D eigenvalue weighted by molar-refractivity contribution is 5.81. The van der Waals surface area contributed by atoms with E-state index in [-0.39, 0.29) is 5.69 Å². The van der Waals surface area contributed by atoms with Gasteiger partial charge in [-0.2, -0.15) is 0 Å². The van der Waals surface area contributed by atoms with Gasteiger partial charge in [0.2, 0.25) is 0 Å². The number of para-hydroxylation sites is 1. The summed E-state index contributed by atoms with van der Waals surface area (Å²) < 4.78 is 0. The molecule has 0 spiro atoms. The second-order valence-electron chi connectivity index (χ2n) is 6.37. The third-order valence-electron chi connectivity index (χ3n) is 4.35. The van der Waals surface area contributed by atoms with Crippen molar-refractivity contribution >= 4 is 22.4 Å². The summed E-state index contributed by atoms with van der Waals surface area (Å²) in [7, 11) is 0. The molecule has 28 heavy (non-hydrogen) atoms. The second kappa shape index (κ2) is 7.40. The van der Waals surface area contributed by atoms with Gasteiger partial charge in [-0.3, -0.25) is 15.1 Å². The molecule has 2 aromatic heterocycles. The monoisotopic (exact) mass is 371 g/mol. The number of hydrogen-bond donors (Lipinski definition) is 1. The molecule has 2 heterocycles. The normalized spacial score (nSPS) is 10.8. The van der Waals surface area contributed by atoms with Crippen LogP contribution in [0.5, 0.6) is 0 Å². The molecule has 4 aromatic rings. The van der Waals surface area contributed by atoms with Crippen molar-refractivity contribution in [3.63, 3.8) is 0 Å². The molecule has 7 nitrogen and oxygen atoms in total. The zero-order valence-electron chi connectivity index (χ0n) is 15.2. The van der Waals surface area contributed by atoms with E-state index < -0.39 is 4.92 Å². The van der Waals surface area contributed by atoms with Crippen molar-refractivity contribution in [3.8, 4) is 11.4 Å². The smallest absolute Gasteiger partial charge is 0.270 e. The van der Waals surface area contributed by atoms with Gasteiger partial charge in [-0.25, -0.2) is 9.97 Å². The van der Waals surface area contributed by atoms with E-state index >= 15 is 0 Å². The van der Waals surface area contributed by atoms with Crippen LogP contribution in [-0.4, -0.2) is 19.9 Å². The van der Waals surface area contributed by atoms with E-state index in [9.17, 15) is 10.1 Å². The fourth-order valence-corrected chi connectivity index (χ4v) is 3.04. The maximum Gasteiger partial charge on any atom is 0.270 e. The Hall–Kier alpha value is -3.87. The molecule has 1 N–H and O–H groups in total. The van der Waals surface area contributed by atoms with Crippen LogP contribution in [0, 0.1) is 17.0 Å². The molecule has 0 bridgehead atoms. The molecule has 0 fully saturated rings. The average molecular weight is 371 g/mol. The van der Waals surface area contributed by atoms with Crippen molar-refractivity contribution in [2.75, 3.05) is 5.32 Å². The van der Waals surface area contributed by atoms with E-state index in [1.807, 2.05) is 43.3 Å². The maximum absolute atomic E-state index is 11.0. The van der Waals surface area contributed by atoms with Crippen molar-refractivity contribution in [2.24, 2.45) is 0 Å². The largest absolute Gasteiger partial charge is 0.366 e. The first-order valence-corrected chi connectivity index (χ1v) is 8.77. The molecule has 0 unspecified atom stereocenters. The van der Waals surface area contributed by atoms with Crippen LogP contribution in [0.25, 0.3) is 22.3 Å². The number of anilines is 1. The summed E-state index contributed by atoms with van der Waals surface area (Å²) in [6, 6.07) is 18.2. The number of nitrogens with one attached hydrogen (secondary N) is 1. The molecule has 2 aromatic carbocycles. The van der Waals surface area contributed by atoms with Gasteiger partial charge in [-0.15, -0.1) is 0 Å². The van der Waals surface area contributed by atoms with Crippen LogP contribution in [0.15, 0.2) is 66.9 Å². The average Bonchev–Trinajstić information content (AvgIpc) is 2.72. The number of pyridine rings is 1. The van der Waals surface area contributed by atoms with Gasteiger partial charge < -0.3 is 5.32 Å². The Morgan fingerprint density at radius 2 is 1.86 bits per heavy atom. The molecular formula is C21H17N5O2. The zero-order valence-corrected chi connectivity index (χ0v) is 15.2. The van der Waals surface area contributed by atoms with Crippen molar-refractivity contribution in [2.45, 2.75) is 13.5 Å². The molecule has 0 atom stereocenters. The number of non-ortho nitro benzene ring substituents is 1. The highest BCUT2D eigenvalue weighted by Gasteiger charge is 2.11. The second-order valence-corrected chi connectivity index (χ2v) is 6.37. The molecule has 0 aliphatic heterocycles. The van der Waals surface area contributed by atoms with E-state index in [0.717, 1.165) is 22.2 Å². The zero-order chi connectivity index (χ0) is 19.5. The maximum atomic E-state index is 11.0. The van der Waals surface area contributed by atoms with Gasteiger partial charge in [0.05, 0.1) is 10.4 Å². The number of benzene rings is 2. The molecule has 4 rings (SSSR count). The summed E-state index contributed by atoms with van der Waals surface area (Å²) >= 11 is 0. The van der Waals surface area contributed by atoms with Gasteiger partial charge in [-0.05, 0) is 18.6 Å². The van der Waals surface area contributed by atoms with E-state index in [4.69, 9.17) is 0 Å². The van der Waals surface area contributed by atoms with Crippen molar-refractivity contribution in [1.29, 1.82) is 0 Å². The van der Waals surface area contributed by atoms with Crippen LogP contribution in [0.1, 0.15) is 11.3 Å². The third-order valence-corrected chi connectivity index (χ3v) is 4.35. The molecule has 0 saturated carbocycles. The predicted octanol–water partition coefficient (Wildman–Crippen LogP) is 4.52. The van der Waals surface area contributed by atoms with Crippen LogP contribution in [0.2, 0.25) is 0 Å². The van der Waals surface area contributed by atoms with Crippen LogP contribution in [0.3, 0.4) is 0 Å². The van der Waals surface area contributed by atoms with Crippen LogP contribution < -0.4 is 5.32 Å². The number of aromatic nitrogens is 3. The van der Waals surface area contributed by atoms with Gasteiger partial charge in [0.25, 0.3) is 5.69 Å². The summed E-state index contributed by atoms with van der Waals surface area (Å²) in [6.45, 7) is 2.42. The number of fused-ring (bicyclic) bond motifs is 1. The first kappa shape index (κ1) is 17.5. The van der Waals surface area contributed by atoms with Crippen LogP contribution in [-0.2, 0) is 6.54 Å². The Labute approximate surface area is 161 Å². The van der Waals surface area contributed by atoms with Gasteiger partial charge in [0.1, 0.15) is 5.82 Å². The van der Waals surface area contributed by atoms with Gasteiger partial charge in [0.15, 0.2) is 5.82 Å². The minimum Gasteiger partial charge on any atom is -0.366 e. The number of nitrogens with zero attached hydrogens (tertiary/aromatic N) is 4. The summed E-state index contributed by atoms with van der Waals surface area (Å²) in [5.41, 5.74) is 3.40. The third kappa shape index (κ3) is 3.64. The quantitative estimate of drug-likeness (QED) is 0.409. The first-order valence-electron chi connectivity index (χ1n) is 8.77. The summed E-state index contributed by atoms with van der Waals surface area (Å²) in [4.78, 5) is 24.0. The van der Waals surface area contributed by atoms with Crippen molar-refractivity contribution in [3.05, 3.63) is 88.2 Å². The van der Waals surface area contributed by atoms with E-state index in [0.29, 0.717) is 23.8 Å². The number of rotatable bonds is 5. The summed E-state index contributed by atoms with van der Waals surface area (Å²) in [5, 5.41) is 15.4. The molecule has 0 saturated heterocycles. The van der Waals surface area contributed by atoms with Gasteiger partial charge in [0, 0.05) is 47.6 Å². The minimum absolute atomic E-state index is 0.0129. The van der Waals surface area contributed by atoms with Crippen molar-refractivity contribution in [1.82, 2.24) is 15.0 Å². The predicted molar refractivity (Wildman–Crippen MR) is 108 cm³/mol. The lowest BCUT2D eigenvalue weighted by atomic mass is 10.1. The SMILES string of the molecule is Cc1cc(NCc2cccc3cccnc23)nc(-c2cccc([N+](=O)[O-])c2)n1. The van der Waals surface area contributed by atoms with Gasteiger partial charge >= 0.3 is 0 Å². The van der Waals surface area contributed by atoms with Crippen molar-refractivity contribution < 1.29 is 4.92 Å². The lowest BCUT2D eigenvalue weighted by Gasteiger charge is -2.10. The number of aryl methyl sites for hydroxylation is 1. The number of nitro groups is 1. The highest BCUT2D eigenvalue weighted by Crippen LogP contribution is 2.23. The number of hydrogen-bond acceptors (Lipinski definition) is 6. The molecule has 7 heteroatoms. The fourth-order valence-electron chi connectivity index (χ4n) is 3.04. The molecule has 0 aliphatic carbocycles. The molecule has 138 valence electrons. The Morgan fingerprint density at radius 1 is 1.04 bits per heavy atom. The molecular weight excluding hydrogens is 354 g/mol. The van der Waals surface area contributed by atoms with E-state index in [1.165, 1.54) is 12.1 Å². The number of nitro benzene ring substituents is 1.